The van der Waals surface area contributed by atoms with E-state index >= 15 is 0 Å². The first-order valence-electron chi connectivity index (χ1n) is 27.1. The van der Waals surface area contributed by atoms with Crippen LogP contribution in [0.4, 0.5) is 0 Å². The van der Waals surface area contributed by atoms with Crippen molar-refractivity contribution in [2.75, 3.05) is 70.1 Å². The Morgan fingerprint density at radius 1 is 0.515 bits per heavy atom. The normalized spacial score (nSPS) is 14.8. The van der Waals surface area contributed by atoms with E-state index in [2.05, 4.69) is 32.6 Å². The van der Waals surface area contributed by atoms with E-state index in [0.717, 1.165) is 113 Å². The van der Waals surface area contributed by atoms with Crippen LogP contribution in [0.1, 0.15) is 227 Å². The zero-order chi connectivity index (χ0) is 48.2. The number of ether oxygens (including phenoxy) is 5. The molecule has 0 spiro atoms. The van der Waals surface area contributed by atoms with E-state index in [1.165, 1.54) is 103 Å². The van der Waals surface area contributed by atoms with Gasteiger partial charge in [0.25, 0.3) is 0 Å². The second-order valence-electron chi connectivity index (χ2n) is 18.6. The summed E-state index contributed by atoms with van der Waals surface area (Å²) in [7, 11) is 4.01. The van der Waals surface area contributed by atoms with Gasteiger partial charge in [-0.05, 0) is 114 Å². The van der Waals surface area contributed by atoms with Gasteiger partial charge in [-0.3, -0.25) is 4.79 Å². The maximum Gasteiger partial charge on any atom is 0.329 e. The van der Waals surface area contributed by atoms with Crippen molar-refractivity contribution in [1.82, 2.24) is 4.90 Å². The van der Waals surface area contributed by atoms with Gasteiger partial charge in [-0.2, -0.15) is 0 Å². The summed E-state index contributed by atoms with van der Waals surface area (Å²) in [5.41, 5.74) is 0. The molecule has 0 bridgehead atoms. The summed E-state index contributed by atoms with van der Waals surface area (Å²) in [6.45, 7) is 11.5. The molecule has 66 heavy (non-hydrogen) atoms. The number of nitrogens with zero attached hydrogens (tertiary/aromatic N) is 1. The lowest BCUT2D eigenvalue weighted by Gasteiger charge is -2.28. The Hall–Kier alpha value is -0.310. The van der Waals surface area contributed by atoms with Gasteiger partial charge in [0.05, 0.1) is 32.5 Å². The molecule has 1 fully saturated rings. The van der Waals surface area contributed by atoms with Crippen molar-refractivity contribution in [3.63, 3.8) is 0 Å². The number of carbonyl (C=O) groups is 3. The zero-order valence-electron chi connectivity index (χ0n) is 43.4. The quantitative estimate of drug-likeness (QED) is 0.0250. The van der Waals surface area contributed by atoms with Gasteiger partial charge in [0, 0.05) is 25.7 Å². The van der Waals surface area contributed by atoms with Crippen molar-refractivity contribution >= 4 is 65.0 Å². The molecule has 0 amide bonds. The van der Waals surface area contributed by atoms with Crippen molar-refractivity contribution < 1.29 is 38.1 Å². The smallest absolute Gasteiger partial charge is 0.329 e. The fraction of sp³-hybridized carbons (Fsp3) is 0.943. The van der Waals surface area contributed by atoms with Crippen molar-refractivity contribution in [2.45, 2.75) is 248 Å². The van der Waals surface area contributed by atoms with E-state index in [1.807, 2.05) is 14.1 Å². The Labute approximate surface area is 423 Å². The van der Waals surface area contributed by atoms with Gasteiger partial charge in [0.15, 0.2) is 5.79 Å². The van der Waals surface area contributed by atoms with Crippen LogP contribution in [0.2, 0.25) is 0 Å². The zero-order valence-corrected chi connectivity index (χ0v) is 46.6. The number of carbonyl (C=O) groups excluding carboxylic acids is 3. The highest BCUT2D eigenvalue weighted by Crippen LogP contribution is 2.36. The largest absolute Gasteiger partial charge is 0.466 e. The lowest BCUT2D eigenvalue weighted by atomic mass is 10.0. The molecule has 1 saturated heterocycles. The first-order chi connectivity index (χ1) is 32.2. The van der Waals surface area contributed by atoms with Crippen LogP contribution in [-0.4, -0.2) is 114 Å². The maximum atomic E-state index is 13.3. The van der Waals surface area contributed by atoms with Crippen molar-refractivity contribution in [1.29, 1.82) is 0 Å². The Morgan fingerprint density at radius 3 is 1.30 bits per heavy atom. The second kappa shape index (κ2) is 45.8. The van der Waals surface area contributed by atoms with Crippen LogP contribution < -0.4 is 0 Å². The molecule has 9 nitrogen and oxygen atoms in total. The summed E-state index contributed by atoms with van der Waals surface area (Å²) in [5, 5.41) is 0. The molecular weight excluding hydrogens is 907 g/mol. The number of esters is 3. The number of thioether (sulfide) groups is 4. The third kappa shape index (κ3) is 36.6. The van der Waals surface area contributed by atoms with Crippen LogP contribution in [0.25, 0.3) is 0 Å². The maximum absolute atomic E-state index is 13.3. The van der Waals surface area contributed by atoms with E-state index in [-0.39, 0.29) is 33.2 Å². The van der Waals surface area contributed by atoms with Crippen molar-refractivity contribution in [2.24, 2.45) is 0 Å². The molecule has 390 valence electrons. The summed E-state index contributed by atoms with van der Waals surface area (Å²) in [6.07, 6.45) is 33.2. The molecule has 1 aliphatic heterocycles. The van der Waals surface area contributed by atoms with Gasteiger partial charge < -0.3 is 28.6 Å². The van der Waals surface area contributed by atoms with Gasteiger partial charge in [0.2, 0.25) is 0 Å². The third-order valence-corrected chi connectivity index (χ3v) is 17.7. The van der Waals surface area contributed by atoms with Gasteiger partial charge in [0.1, 0.15) is 9.16 Å². The molecule has 0 aromatic heterocycles. The van der Waals surface area contributed by atoms with Gasteiger partial charge in [-0.1, -0.05) is 130 Å². The van der Waals surface area contributed by atoms with Crippen LogP contribution in [0, 0.1) is 0 Å². The minimum absolute atomic E-state index is 0.0680. The minimum atomic E-state index is -0.687. The molecule has 0 saturated carbocycles. The fourth-order valence-electron chi connectivity index (χ4n) is 7.84. The monoisotopic (exact) mass is 1010 g/mol. The number of hydrogen-bond acceptors (Lipinski definition) is 13. The number of unbranched alkanes of at least 4 members (excludes halogenated alkanes) is 20. The predicted octanol–water partition coefficient (Wildman–Crippen LogP) is 15.0. The molecule has 1 atom stereocenters. The van der Waals surface area contributed by atoms with E-state index < -0.39 is 5.79 Å². The van der Waals surface area contributed by atoms with Crippen LogP contribution in [0.15, 0.2) is 0 Å². The molecule has 0 N–H and O–H groups in total. The highest BCUT2D eigenvalue weighted by molar-refractivity contribution is 8.18. The SMILES string of the molecule is CCCCCCCSC(SCCCCCCC)C(=O)OCCCCCC1(CCCCCOC(=O)C(SCCCCCCC)SCCCCCCC)OCC(CCOC(=O)CCCN(C)C)O1. The summed E-state index contributed by atoms with van der Waals surface area (Å²) in [4.78, 5) is 40.9. The molecule has 0 aromatic rings. The molecule has 1 aliphatic rings. The molecule has 1 heterocycles. The molecule has 13 heteroatoms. The fourth-order valence-corrected chi connectivity index (χ4v) is 12.9. The average molecular weight is 1010 g/mol. The minimum Gasteiger partial charge on any atom is -0.466 e. The van der Waals surface area contributed by atoms with Gasteiger partial charge in [-0.25, -0.2) is 9.59 Å². The average Bonchev–Trinajstić information content (AvgIpc) is 3.71. The Balaban J connectivity index is 2.68. The van der Waals surface area contributed by atoms with Gasteiger partial charge >= 0.3 is 17.9 Å². The summed E-state index contributed by atoms with van der Waals surface area (Å²) in [5.74, 6) is 3.06. The van der Waals surface area contributed by atoms with Crippen LogP contribution in [0.5, 0.6) is 0 Å². The Kier molecular flexibility index (Phi) is 44.2. The molecule has 0 aromatic carbocycles. The first-order valence-corrected chi connectivity index (χ1v) is 31.3. The highest BCUT2D eigenvalue weighted by Gasteiger charge is 2.40. The molecule has 1 unspecified atom stereocenters. The highest BCUT2D eigenvalue weighted by atomic mass is 32.2. The molecule has 1 rings (SSSR count). The van der Waals surface area contributed by atoms with E-state index in [1.54, 1.807) is 47.0 Å². The van der Waals surface area contributed by atoms with Gasteiger partial charge in [-0.15, -0.1) is 47.0 Å². The van der Waals surface area contributed by atoms with E-state index in [0.29, 0.717) is 39.3 Å². The third-order valence-electron chi connectivity index (χ3n) is 11.9. The number of rotatable bonds is 49. The lowest BCUT2D eigenvalue weighted by Crippen LogP contribution is -2.31. The molecule has 0 radical (unpaired) electrons. The molecule has 0 aliphatic carbocycles. The summed E-state index contributed by atoms with van der Waals surface area (Å²) >= 11 is 7.11. The number of hydrogen-bond donors (Lipinski definition) is 0. The molecular formula is C53H101NO8S4. The summed E-state index contributed by atoms with van der Waals surface area (Å²) < 4.78 is 30.2. The van der Waals surface area contributed by atoms with Crippen molar-refractivity contribution in [3.8, 4) is 0 Å². The van der Waals surface area contributed by atoms with E-state index in [4.69, 9.17) is 23.7 Å². The van der Waals surface area contributed by atoms with E-state index in [9.17, 15) is 14.4 Å². The second-order valence-corrected chi connectivity index (χ2v) is 24.1. The standard InChI is InChI=1S/C53H101NO8S4/c1-7-11-15-19-29-42-63-51(64-43-30-20-16-12-8-2)49(56)59-39-27-23-25-36-53(61-46-47(62-53)35-41-58-48(55)34-33-38-54(5)6)37-26-24-28-40-60-50(57)52(65-44-31-21-17-13-9-3)66-45-32-22-18-14-10-4/h47,51-52H,7-46H2,1-6H3. The van der Waals surface area contributed by atoms with Crippen LogP contribution in [-0.2, 0) is 38.1 Å². The topological polar surface area (TPSA) is 101 Å². The summed E-state index contributed by atoms with van der Waals surface area (Å²) in [6, 6.07) is 0. The van der Waals surface area contributed by atoms with Crippen LogP contribution in [0.3, 0.4) is 0 Å². The Morgan fingerprint density at radius 2 is 0.909 bits per heavy atom. The Bertz CT molecular complexity index is 1040. The lowest BCUT2D eigenvalue weighted by molar-refractivity contribution is -0.181. The first kappa shape index (κ1) is 63.7. The van der Waals surface area contributed by atoms with Crippen LogP contribution >= 0.6 is 47.0 Å². The predicted molar refractivity (Wildman–Crippen MR) is 288 cm³/mol. The van der Waals surface area contributed by atoms with Crippen molar-refractivity contribution in [3.05, 3.63) is 0 Å².